The second kappa shape index (κ2) is 7.30. The maximum absolute atomic E-state index is 4.33. The molecule has 0 aliphatic carbocycles. The van der Waals surface area contributed by atoms with E-state index in [1.54, 1.807) is 0 Å². The Kier molecular flexibility index (Phi) is 5.16. The Hall–Kier alpha value is -1.62. The molecule has 2 aromatic rings. The molecule has 1 aliphatic rings. The fourth-order valence-electron chi connectivity index (χ4n) is 3.05. The zero-order valence-corrected chi connectivity index (χ0v) is 14.8. The topological polar surface area (TPSA) is 52.2 Å². The molecule has 4 nitrogen and oxygen atoms in total. The molecule has 1 aromatic heterocycles. The van der Waals surface area contributed by atoms with Crippen molar-refractivity contribution < 1.29 is 0 Å². The lowest BCUT2D eigenvalue weighted by Crippen LogP contribution is -2.44. The van der Waals surface area contributed by atoms with Crippen LogP contribution in [-0.2, 0) is 6.42 Å². The largest absolute Gasteiger partial charge is 0.358 e. The Morgan fingerprint density at radius 1 is 1.35 bits per heavy atom. The van der Waals surface area contributed by atoms with E-state index < -0.39 is 0 Å². The maximum Gasteiger partial charge on any atom is 0.191 e. The smallest absolute Gasteiger partial charge is 0.191 e. The van der Waals surface area contributed by atoms with Crippen molar-refractivity contribution >= 4 is 28.6 Å². The van der Waals surface area contributed by atoms with Crippen molar-refractivity contribution in [2.24, 2.45) is 4.99 Å². The number of rotatable bonds is 5. The summed E-state index contributed by atoms with van der Waals surface area (Å²) in [7, 11) is 1.84. The van der Waals surface area contributed by atoms with Crippen molar-refractivity contribution in [3.05, 3.63) is 36.0 Å². The number of thioether (sulfide) groups is 1. The second-order valence-corrected chi connectivity index (χ2v) is 8.07. The molecule has 1 atom stereocenters. The van der Waals surface area contributed by atoms with Crippen LogP contribution in [0, 0.1) is 0 Å². The SMILES string of the molecule is CN=C(NCCc1cc2ccccc2[nH]1)NCC1(C)CCCS1. The zero-order valence-electron chi connectivity index (χ0n) is 14.0. The number of hydrogen-bond donors (Lipinski definition) is 3. The van der Waals surface area contributed by atoms with Gasteiger partial charge in [0.1, 0.15) is 0 Å². The highest BCUT2D eigenvalue weighted by Gasteiger charge is 2.29. The Morgan fingerprint density at radius 2 is 2.22 bits per heavy atom. The van der Waals surface area contributed by atoms with Crippen LogP contribution in [0.5, 0.6) is 0 Å². The van der Waals surface area contributed by atoms with Crippen LogP contribution in [0.1, 0.15) is 25.5 Å². The van der Waals surface area contributed by atoms with E-state index in [4.69, 9.17) is 0 Å². The van der Waals surface area contributed by atoms with Crippen LogP contribution in [0.15, 0.2) is 35.3 Å². The molecular formula is C18H26N4S. The van der Waals surface area contributed by atoms with Crippen molar-refractivity contribution in [2.45, 2.75) is 30.9 Å². The fraction of sp³-hybridized carbons (Fsp3) is 0.500. The highest BCUT2D eigenvalue weighted by atomic mass is 32.2. The number of guanidine groups is 1. The van der Waals surface area contributed by atoms with E-state index in [1.807, 2.05) is 7.05 Å². The minimum absolute atomic E-state index is 0.356. The van der Waals surface area contributed by atoms with Crippen molar-refractivity contribution in [1.29, 1.82) is 0 Å². The maximum atomic E-state index is 4.33. The fourth-order valence-corrected chi connectivity index (χ4v) is 4.30. The van der Waals surface area contributed by atoms with Crippen LogP contribution >= 0.6 is 11.8 Å². The Balaban J connectivity index is 1.46. The molecule has 1 fully saturated rings. The first kappa shape index (κ1) is 16.2. The average Bonchev–Trinajstić information content (AvgIpc) is 3.17. The van der Waals surface area contributed by atoms with Crippen molar-refractivity contribution in [3.8, 4) is 0 Å². The summed E-state index contributed by atoms with van der Waals surface area (Å²) in [5, 5.41) is 8.16. The molecule has 1 aromatic carbocycles. The predicted molar refractivity (Wildman–Crippen MR) is 101 cm³/mol. The summed E-state index contributed by atoms with van der Waals surface area (Å²) in [6.07, 6.45) is 3.58. The van der Waals surface area contributed by atoms with Gasteiger partial charge < -0.3 is 15.6 Å². The van der Waals surface area contributed by atoms with Crippen LogP contribution < -0.4 is 10.6 Å². The van der Waals surface area contributed by atoms with Crippen LogP contribution in [0.25, 0.3) is 10.9 Å². The van der Waals surface area contributed by atoms with Gasteiger partial charge in [0, 0.05) is 42.5 Å². The van der Waals surface area contributed by atoms with Gasteiger partial charge >= 0.3 is 0 Å². The summed E-state index contributed by atoms with van der Waals surface area (Å²) in [5.41, 5.74) is 2.46. The number of H-pyrrole nitrogens is 1. The van der Waals surface area contributed by atoms with Gasteiger partial charge in [0.25, 0.3) is 0 Å². The molecule has 124 valence electrons. The lowest BCUT2D eigenvalue weighted by atomic mass is 10.1. The molecule has 3 N–H and O–H groups in total. The highest BCUT2D eigenvalue weighted by molar-refractivity contribution is 8.00. The second-order valence-electron chi connectivity index (χ2n) is 6.39. The van der Waals surface area contributed by atoms with Crippen molar-refractivity contribution in [2.75, 3.05) is 25.9 Å². The molecule has 0 amide bonds. The zero-order chi connectivity index (χ0) is 16.1. The van der Waals surface area contributed by atoms with Crippen LogP contribution in [0.2, 0.25) is 0 Å². The minimum Gasteiger partial charge on any atom is -0.358 e. The minimum atomic E-state index is 0.356. The molecule has 3 rings (SSSR count). The third-order valence-electron chi connectivity index (χ3n) is 4.43. The quantitative estimate of drug-likeness (QED) is 0.583. The molecule has 1 saturated heterocycles. The average molecular weight is 331 g/mol. The first-order valence-corrected chi connectivity index (χ1v) is 9.32. The molecule has 0 saturated carbocycles. The lowest BCUT2D eigenvalue weighted by molar-refractivity contribution is 0.584. The summed E-state index contributed by atoms with van der Waals surface area (Å²) in [6, 6.07) is 10.6. The van der Waals surface area contributed by atoms with Gasteiger partial charge in [0.15, 0.2) is 5.96 Å². The number of aromatic amines is 1. The third-order valence-corrected chi connectivity index (χ3v) is 5.96. The summed E-state index contributed by atoms with van der Waals surface area (Å²) in [4.78, 5) is 7.80. The normalized spacial score (nSPS) is 21.7. The van der Waals surface area contributed by atoms with Gasteiger partial charge in [0.2, 0.25) is 0 Å². The van der Waals surface area contributed by atoms with Gasteiger partial charge in [-0.15, -0.1) is 0 Å². The molecule has 0 radical (unpaired) electrons. The van der Waals surface area contributed by atoms with Crippen LogP contribution in [0.3, 0.4) is 0 Å². The van der Waals surface area contributed by atoms with E-state index in [9.17, 15) is 0 Å². The number of benzene rings is 1. The third kappa shape index (κ3) is 4.22. The summed E-state index contributed by atoms with van der Waals surface area (Å²) in [5.74, 6) is 2.18. The first-order chi connectivity index (χ1) is 11.2. The van der Waals surface area contributed by atoms with Gasteiger partial charge in [-0.05, 0) is 43.0 Å². The van der Waals surface area contributed by atoms with Gasteiger partial charge in [-0.3, -0.25) is 4.99 Å². The number of aromatic nitrogens is 1. The lowest BCUT2D eigenvalue weighted by Gasteiger charge is -2.24. The summed E-state index contributed by atoms with van der Waals surface area (Å²) < 4.78 is 0.356. The number of aliphatic imine (C=N–C) groups is 1. The van der Waals surface area contributed by atoms with E-state index in [2.05, 4.69) is 69.6 Å². The monoisotopic (exact) mass is 330 g/mol. The number of para-hydroxylation sites is 1. The van der Waals surface area contributed by atoms with Gasteiger partial charge in [0.05, 0.1) is 0 Å². The Bertz CT molecular complexity index is 637. The van der Waals surface area contributed by atoms with Gasteiger partial charge in [-0.1, -0.05) is 18.2 Å². The van der Waals surface area contributed by atoms with E-state index in [0.717, 1.165) is 25.5 Å². The van der Waals surface area contributed by atoms with Crippen LogP contribution in [-0.4, -0.2) is 41.6 Å². The van der Waals surface area contributed by atoms with Gasteiger partial charge in [-0.2, -0.15) is 11.8 Å². The molecule has 1 aliphatic heterocycles. The molecular weight excluding hydrogens is 304 g/mol. The summed E-state index contributed by atoms with van der Waals surface area (Å²) in [6.45, 7) is 4.19. The number of hydrogen-bond acceptors (Lipinski definition) is 2. The molecule has 0 spiro atoms. The molecule has 1 unspecified atom stereocenters. The van der Waals surface area contributed by atoms with Gasteiger partial charge in [-0.25, -0.2) is 0 Å². The summed E-state index contributed by atoms with van der Waals surface area (Å²) >= 11 is 2.07. The predicted octanol–water partition coefficient (Wildman–Crippen LogP) is 3.16. The van der Waals surface area contributed by atoms with E-state index in [0.29, 0.717) is 4.75 Å². The molecule has 0 bridgehead atoms. The molecule has 23 heavy (non-hydrogen) atoms. The van der Waals surface area contributed by atoms with Crippen molar-refractivity contribution in [3.63, 3.8) is 0 Å². The highest BCUT2D eigenvalue weighted by Crippen LogP contribution is 2.36. The molecule has 5 heteroatoms. The Morgan fingerprint density at radius 3 is 2.96 bits per heavy atom. The first-order valence-electron chi connectivity index (χ1n) is 8.34. The number of nitrogens with one attached hydrogen (secondary N) is 3. The van der Waals surface area contributed by atoms with E-state index in [1.165, 1.54) is 35.2 Å². The van der Waals surface area contributed by atoms with E-state index >= 15 is 0 Å². The standard InChI is InChI=1S/C18H26N4S/c1-18(9-5-11-23-18)13-21-17(19-2)20-10-8-15-12-14-6-3-4-7-16(14)22-15/h3-4,6-7,12,22H,5,8-11,13H2,1-2H3,(H2,19,20,21). The van der Waals surface area contributed by atoms with Crippen LogP contribution in [0.4, 0.5) is 0 Å². The molecule has 2 heterocycles. The van der Waals surface area contributed by atoms with E-state index in [-0.39, 0.29) is 0 Å². The number of nitrogens with zero attached hydrogens (tertiary/aromatic N) is 1. The Labute approximate surface area is 142 Å². The van der Waals surface area contributed by atoms with Crippen molar-refractivity contribution in [1.82, 2.24) is 15.6 Å². The number of fused-ring (bicyclic) bond motifs is 1.